The molecule has 2 aliphatic rings. The van der Waals surface area contributed by atoms with Crippen LogP contribution in [-0.4, -0.2) is 204 Å². The van der Waals surface area contributed by atoms with Gasteiger partial charge in [0.15, 0.2) is 6.10 Å². The topological polar surface area (TPSA) is 360 Å². The van der Waals surface area contributed by atoms with Crippen LogP contribution in [0.5, 0.6) is 5.75 Å². The summed E-state index contributed by atoms with van der Waals surface area (Å²) in [5, 5.41) is 38.8. The third kappa shape index (κ3) is 24.1. The standard InChI is InChI=1S/C62H94N10O17S/c1-12-38(4)54(69-61(85)62(9,10)71-23-13-14-24-71)59(82)70(11)47(37(2)3)35-49(89-42(8)73)58-68-46(36-90-58)57(81)66-44(32-39(5)60(83)84)33-43-17-18-48(74)45(34-43)67-56(80)41(7)65-55(79)40(6)64-51(76)21-26-86-28-30-88-31-29-87-27-22-63-50(75)16-15-25-72-52(77)19-20-53(72)78/h17-20,34,36-41,44,47,49,54,74H,12-16,21-33,35H2,1-11H3,(H,63,75)(H,64,76)(H,65,79)(H,66,81)(H,67,80)(H,69,85)(H,83,84). The zero-order chi connectivity index (χ0) is 66.8. The lowest BCUT2D eigenvalue weighted by molar-refractivity contribution is -0.149. The quantitative estimate of drug-likeness (QED) is 0.0205. The molecule has 8 N–H and O–H groups in total. The lowest BCUT2D eigenvalue weighted by Crippen LogP contribution is -2.60. The van der Waals surface area contributed by atoms with Crippen molar-refractivity contribution >= 4 is 82.1 Å². The second-order valence-corrected chi connectivity index (χ2v) is 24.6. The van der Waals surface area contributed by atoms with E-state index in [0.29, 0.717) is 18.4 Å². The number of rotatable bonds is 40. The number of likely N-dealkylation sites (tertiary alicyclic amines) is 1. The van der Waals surface area contributed by atoms with Gasteiger partial charge in [-0.3, -0.25) is 62.5 Å². The fourth-order valence-corrected chi connectivity index (χ4v) is 10.9. The maximum Gasteiger partial charge on any atom is 0.306 e. The Morgan fingerprint density at radius 1 is 0.789 bits per heavy atom. The Bertz CT molecular complexity index is 2800. The van der Waals surface area contributed by atoms with Crippen molar-refractivity contribution in [1.82, 2.24) is 46.3 Å². The number of hydrogen-bond donors (Lipinski definition) is 8. The number of amides is 9. The van der Waals surface area contributed by atoms with Crippen molar-refractivity contribution in [3.05, 3.63) is 52.0 Å². The van der Waals surface area contributed by atoms with Gasteiger partial charge in [-0.05, 0) is 102 Å². The average Bonchev–Trinajstić information content (AvgIpc) is 1.49. The molecule has 3 heterocycles. The fraction of sp³-hybridized carbons (Fsp3) is 0.645. The van der Waals surface area contributed by atoms with Gasteiger partial charge in [-0.25, -0.2) is 4.98 Å². The summed E-state index contributed by atoms with van der Waals surface area (Å²) < 4.78 is 22.2. The minimum absolute atomic E-state index is 0.0336. The van der Waals surface area contributed by atoms with Crippen molar-refractivity contribution < 1.29 is 81.9 Å². The SMILES string of the molecule is CCC(C)C(NC(=O)C(C)(C)N1CCCC1)C(=O)N(C)C(CC(OC(C)=O)c1nc(C(=O)NC(Cc2ccc(O)c(NC(=O)C(C)NC(=O)C(C)NC(=O)CCOCCOCCOCCNC(=O)CCCN3C(=O)C=CC3=O)c2)CC(C)C(=O)O)cs1)C(C)C. The van der Waals surface area contributed by atoms with E-state index in [0.717, 1.165) is 42.2 Å². The molecule has 2 aromatic rings. The number of thiazole rings is 1. The highest BCUT2D eigenvalue weighted by Crippen LogP contribution is 2.32. The molecule has 90 heavy (non-hydrogen) atoms. The number of aromatic hydroxyl groups is 1. The van der Waals surface area contributed by atoms with Crippen LogP contribution in [0.25, 0.3) is 0 Å². The number of likely N-dealkylation sites (N-methyl/N-ethyl adjacent to an activating group) is 1. The summed E-state index contributed by atoms with van der Waals surface area (Å²) in [4.78, 5) is 151. The van der Waals surface area contributed by atoms with Gasteiger partial charge in [0.1, 0.15) is 34.6 Å². The Labute approximate surface area is 530 Å². The Balaban J connectivity index is 1.25. The van der Waals surface area contributed by atoms with Gasteiger partial charge < -0.3 is 66.0 Å². The number of aliphatic carboxylic acids is 1. The van der Waals surface area contributed by atoms with Gasteiger partial charge in [0, 0.05) is 75.9 Å². The van der Waals surface area contributed by atoms with E-state index in [9.17, 15) is 63.0 Å². The Morgan fingerprint density at radius 2 is 1.41 bits per heavy atom. The summed E-state index contributed by atoms with van der Waals surface area (Å²) in [5.41, 5.74) is -0.424. The Hall–Kier alpha value is -7.40. The van der Waals surface area contributed by atoms with E-state index in [4.69, 9.17) is 18.9 Å². The van der Waals surface area contributed by atoms with Crippen LogP contribution in [0.2, 0.25) is 0 Å². The number of anilines is 1. The molecule has 1 aromatic carbocycles. The summed E-state index contributed by atoms with van der Waals surface area (Å²) in [6.07, 6.45) is 4.55. The molecule has 28 heteroatoms. The smallest absolute Gasteiger partial charge is 0.306 e. The lowest BCUT2D eigenvalue weighted by Gasteiger charge is -2.39. The lowest BCUT2D eigenvalue weighted by atomic mass is 9.92. The number of carbonyl (C=O) groups excluding carboxylic acids is 10. The number of phenols is 1. The number of ether oxygens (including phenoxy) is 4. The minimum atomic E-state index is -1.15. The molecule has 2 aliphatic heterocycles. The number of benzene rings is 1. The fourth-order valence-electron chi connectivity index (χ4n) is 10.0. The molecule has 0 aliphatic carbocycles. The van der Waals surface area contributed by atoms with E-state index in [1.165, 1.54) is 57.4 Å². The maximum atomic E-state index is 14.5. The number of carboxylic acids is 1. The number of carboxylic acid groups (broad SMARTS) is 1. The second-order valence-electron chi connectivity index (χ2n) is 23.7. The van der Waals surface area contributed by atoms with Gasteiger partial charge in [0.2, 0.25) is 35.4 Å². The second kappa shape index (κ2) is 37.1. The number of phenolic OH excluding ortho intramolecular Hbond substituents is 1. The van der Waals surface area contributed by atoms with Crippen LogP contribution in [-0.2, 0) is 73.3 Å². The molecule has 0 saturated carbocycles. The summed E-state index contributed by atoms with van der Waals surface area (Å²) in [6.45, 7) is 20.3. The first-order chi connectivity index (χ1) is 42.5. The summed E-state index contributed by atoms with van der Waals surface area (Å²) >= 11 is 1.07. The molecule has 8 atom stereocenters. The number of imide groups is 1. The molecule has 500 valence electrons. The number of esters is 1. The van der Waals surface area contributed by atoms with Gasteiger partial charge in [-0.1, -0.05) is 47.1 Å². The van der Waals surface area contributed by atoms with Crippen LogP contribution in [0, 0.1) is 17.8 Å². The third-order valence-electron chi connectivity index (χ3n) is 15.8. The molecule has 9 amide bonds. The zero-order valence-electron chi connectivity index (χ0n) is 53.8. The molecule has 1 aromatic heterocycles. The monoisotopic (exact) mass is 1280 g/mol. The highest BCUT2D eigenvalue weighted by atomic mass is 32.1. The molecule has 0 bridgehead atoms. The van der Waals surface area contributed by atoms with Gasteiger partial charge in [0.05, 0.1) is 56.8 Å². The molecule has 8 unspecified atom stereocenters. The van der Waals surface area contributed by atoms with Crippen molar-refractivity contribution in [2.75, 3.05) is 78.2 Å². The highest BCUT2D eigenvalue weighted by Gasteiger charge is 2.41. The van der Waals surface area contributed by atoms with E-state index < -0.39 is 83.3 Å². The predicted molar refractivity (Wildman–Crippen MR) is 332 cm³/mol. The van der Waals surface area contributed by atoms with Crippen molar-refractivity contribution in [2.45, 2.75) is 169 Å². The van der Waals surface area contributed by atoms with Gasteiger partial charge >= 0.3 is 11.9 Å². The summed E-state index contributed by atoms with van der Waals surface area (Å²) in [5.74, 6) is -7.41. The molecule has 1 fully saturated rings. The first-order valence-corrected chi connectivity index (χ1v) is 31.7. The van der Waals surface area contributed by atoms with Crippen LogP contribution in [0.1, 0.15) is 148 Å². The zero-order valence-corrected chi connectivity index (χ0v) is 54.6. The van der Waals surface area contributed by atoms with Crippen molar-refractivity contribution in [3.8, 4) is 5.75 Å². The average molecular weight is 1280 g/mol. The van der Waals surface area contributed by atoms with Crippen LogP contribution in [0.4, 0.5) is 5.69 Å². The van der Waals surface area contributed by atoms with E-state index in [2.05, 4.69) is 41.8 Å². The van der Waals surface area contributed by atoms with E-state index in [1.807, 2.05) is 41.5 Å². The molecule has 0 radical (unpaired) electrons. The molecular weight excluding hydrogens is 1190 g/mol. The first-order valence-electron chi connectivity index (χ1n) is 30.8. The highest BCUT2D eigenvalue weighted by molar-refractivity contribution is 7.09. The summed E-state index contributed by atoms with van der Waals surface area (Å²) in [7, 11) is 1.67. The van der Waals surface area contributed by atoms with Crippen LogP contribution in [0.3, 0.4) is 0 Å². The van der Waals surface area contributed by atoms with Crippen molar-refractivity contribution in [2.24, 2.45) is 17.8 Å². The van der Waals surface area contributed by atoms with Gasteiger partial charge in [-0.15, -0.1) is 11.3 Å². The van der Waals surface area contributed by atoms with E-state index >= 15 is 0 Å². The Kier molecular flexibility index (Phi) is 30.9. The Morgan fingerprint density at radius 3 is 2.02 bits per heavy atom. The van der Waals surface area contributed by atoms with Gasteiger partial charge in [0.25, 0.3) is 17.7 Å². The minimum Gasteiger partial charge on any atom is -0.506 e. The largest absolute Gasteiger partial charge is 0.506 e. The summed E-state index contributed by atoms with van der Waals surface area (Å²) in [6, 6.07) is -0.0564. The molecule has 27 nitrogen and oxygen atoms in total. The predicted octanol–water partition coefficient (Wildman–Crippen LogP) is 3.39. The number of nitrogens with zero attached hydrogens (tertiary/aromatic N) is 4. The number of carbonyl (C=O) groups is 11. The van der Waals surface area contributed by atoms with Crippen LogP contribution in [0.15, 0.2) is 35.7 Å². The molecular formula is C62H94N10O17S. The van der Waals surface area contributed by atoms with Crippen LogP contribution < -0.4 is 31.9 Å². The molecule has 4 rings (SSSR count). The first kappa shape index (κ1) is 75.1. The molecule has 1 saturated heterocycles. The van der Waals surface area contributed by atoms with Gasteiger partial charge in [-0.2, -0.15) is 0 Å². The number of aromatic nitrogens is 1. The number of hydrogen-bond acceptors (Lipinski definition) is 19. The van der Waals surface area contributed by atoms with E-state index in [1.54, 1.807) is 18.0 Å². The van der Waals surface area contributed by atoms with E-state index in [-0.39, 0.29) is 148 Å². The van der Waals surface area contributed by atoms with Crippen molar-refractivity contribution in [1.29, 1.82) is 0 Å². The van der Waals surface area contributed by atoms with Crippen LogP contribution >= 0.6 is 11.3 Å². The van der Waals surface area contributed by atoms with Crippen molar-refractivity contribution in [3.63, 3.8) is 0 Å². The normalized spacial score (nSPS) is 16.1. The number of nitrogens with one attached hydrogen (secondary N) is 6. The maximum absolute atomic E-state index is 14.5. The third-order valence-corrected chi connectivity index (χ3v) is 16.8. The molecule has 0 spiro atoms.